The summed E-state index contributed by atoms with van der Waals surface area (Å²) in [5.74, 6) is 1.15. The summed E-state index contributed by atoms with van der Waals surface area (Å²) in [5.41, 5.74) is 0.0178. The molecule has 13 heavy (non-hydrogen) atoms. The molecule has 1 rings (SSSR count). The average Bonchev–Trinajstić information content (AvgIpc) is 2.56. The van der Waals surface area contributed by atoms with Gasteiger partial charge in [-0.25, -0.2) is 4.98 Å². The van der Waals surface area contributed by atoms with Crippen molar-refractivity contribution in [2.24, 2.45) is 0 Å². The number of thiazole rings is 1. The molecule has 2 nitrogen and oxygen atoms in total. The standard InChI is InChI=1S/C9H16N2S2/c1-9(2,11-5-6-12-3)8-10-4-7-13-8/h4,7,11H,5-6H2,1-3H3. The molecule has 0 aliphatic carbocycles. The Morgan fingerprint density at radius 3 is 2.92 bits per heavy atom. The summed E-state index contributed by atoms with van der Waals surface area (Å²) in [6.45, 7) is 5.38. The monoisotopic (exact) mass is 216 g/mol. The highest BCUT2D eigenvalue weighted by Crippen LogP contribution is 2.21. The van der Waals surface area contributed by atoms with Crippen molar-refractivity contribution in [2.45, 2.75) is 19.4 Å². The number of nitrogens with one attached hydrogen (secondary N) is 1. The topological polar surface area (TPSA) is 24.9 Å². The second-order valence-corrected chi connectivity index (χ2v) is 5.26. The van der Waals surface area contributed by atoms with E-state index >= 15 is 0 Å². The fourth-order valence-corrected chi connectivity index (χ4v) is 2.12. The maximum absolute atomic E-state index is 4.32. The third-order valence-corrected chi connectivity index (χ3v) is 3.55. The van der Waals surface area contributed by atoms with E-state index in [1.807, 2.05) is 23.3 Å². The van der Waals surface area contributed by atoms with Gasteiger partial charge in [-0.05, 0) is 20.1 Å². The molecule has 4 heteroatoms. The average molecular weight is 216 g/mol. The van der Waals surface area contributed by atoms with Crippen LogP contribution in [0.3, 0.4) is 0 Å². The number of nitrogens with zero attached hydrogens (tertiary/aromatic N) is 1. The van der Waals surface area contributed by atoms with Gasteiger partial charge in [0.2, 0.25) is 0 Å². The molecule has 0 unspecified atom stereocenters. The van der Waals surface area contributed by atoms with Crippen LogP contribution >= 0.6 is 23.1 Å². The van der Waals surface area contributed by atoms with Gasteiger partial charge in [0.25, 0.3) is 0 Å². The third kappa shape index (κ3) is 3.29. The molecule has 0 spiro atoms. The van der Waals surface area contributed by atoms with E-state index in [2.05, 4.69) is 30.4 Å². The fraction of sp³-hybridized carbons (Fsp3) is 0.667. The lowest BCUT2D eigenvalue weighted by molar-refractivity contribution is 0.415. The molecular formula is C9H16N2S2. The van der Waals surface area contributed by atoms with Crippen LogP contribution < -0.4 is 5.32 Å². The molecule has 1 N–H and O–H groups in total. The van der Waals surface area contributed by atoms with Crippen molar-refractivity contribution >= 4 is 23.1 Å². The van der Waals surface area contributed by atoms with E-state index < -0.39 is 0 Å². The zero-order chi connectivity index (χ0) is 9.73. The number of hydrogen-bond acceptors (Lipinski definition) is 4. The Bertz CT molecular complexity index is 232. The van der Waals surface area contributed by atoms with Crippen molar-refractivity contribution in [1.82, 2.24) is 10.3 Å². The smallest absolute Gasteiger partial charge is 0.112 e. The summed E-state index contributed by atoms with van der Waals surface area (Å²) in [7, 11) is 0. The Hall–Kier alpha value is -0.0600. The molecule has 0 aliphatic rings. The van der Waals surface area contributed by atoms with E-state index in [0.29, 0.717) is 0 Å². The van der Waals surface area contributed by atoms with Crippen molar-refractivity contribution < 1.29 is 0 Å². The Balaban J connectivity index is 2.46. The lowest BCUT2D eigenvalue weighted by Crippen LogP contribution is -2.37. The Morgan fingerprint density at radius 2 is 2.38 bits per heavy atom. The summed E-state index contributed by atoms with van der Waals surface area (Å²) >= 11 is 3.57. The normalized spacial score (nSPS) is 11.9. The van der Waals surface area contributed by atoms with Crippen LogP contribution in [0.1, 0.15) is 18.9 Å². The molecule has 0 saturated carbocycles. The summed E-state index contributed by atoms with van der Waals surface area (Å²) in [4.78, 5) is 4.32. The second-order valence-electron chi connectivity index (χ2n) is 3.38. The predicted octanol–water partition coefficient (Wildman–Crippen LogP) is 2.33. The van der Waals surface area contributed by atoms with Crippen molar-refractivity contribution in [1.29, 1.82) is 0 Å². The maximum Gasteiger partial charge on any atom is 0.112 e. The molecule has 0 aliphatic heterocycles. The van der Waals surface area contributed by atoms with Gasteiger partial charge in [0, 0.05) is 23.9 Å². The zero-order valence-electron chi connectivity index (χ0n) is 8.33. The van der Waals surface area contributed by atoms with Crippen LogP contribution in [0.5, 0.6) is 0 Å². The number of hydrogen-bond donors (Lipinski definition) is 1. The molecule has 74 valence electrons. The summed E-state index contributed by atoms with van der Waals surface area (Å²) in [5, 5.41) is 6.67. The van der Waals surface area contributed by atoms with Crippen LogP contribution in [0, 0.1) is 0 Å². The quantitative estimate of drug-likeness (QED) is 0.765. The minimum Gasteiger partial charge on any atom is -0.305 e. The van der Waals surface area contributed by atoms with Crippen LogP contribution in [-0.2, 0) is 5.54 Å². The van der Waals surface area contributed by atoms with Gasteiger partial charge in [0.1, 0.15) is 5.01 Å². The van der Waals surface area contributed by atoms with Crippen molar-refractivity contribution in [2.75, 3.05) is 18.6 Å². The van der Waals surface area contributed by atoms with Crippen LogP contribution in [-0.4, -0.2) is 23.5 Å². The van der Waals surface area contributed by atoms with Gasteiger partial charge in [-0.1, -0.05) is 0 Å². The summed E-state index contributed by atoms with van der Waals surface area (Å²) in [6.07, 6.45) is 3.98. The maximum atomic E-state index is 4.32. The highest BCUT2D eigenvalue weighted by atomic mass is 32.2. The van der Waals surface area contributed by atoms with Gasteiger partial charge >= 0.3 is 0 Å². The molecule has 1 heterocycles. The second kappa shape index (κ2) is 4.98. The van der Waals surface area contributed by atoms with Gasteiger partial charge in [0.15, 0.2) is 0 Å². The van der Waals surface area contributed by atoms with E-state index in [1.165, 1.54) is 0 Å². The molecule has 0 bridgehead atoms. The van der Waals surface area contributed by atoms with E-state index in [1.54, 1.807) is 11.3 Å². The fourth-order valence-electron chi connectivity index (χ4n) is 1.07. The number of aromatic nitrogens is 1. The molecule has 0 saturated heterocycles. The minimum absolute atomic E-state index is 0.0178. The largest absolute Gasteiger partial charge is 0.305 e. The molecule has 1 aromatic rings. The molecule has 0 atom stereocenters. The van der Waals surface area contributed by atoms with E-state index in [9.17, 15) is 0 Å². The molecule has 0 radical (unpaired) electrons. The van der Waals surface area contributed by atoms with Crippen molar-refractivity contribution in [3.63, 3.8) is 0 Å². The van der Waals surface area contributed by atoms with Crippen LogP contribution in [0.4, 0.5) is 0 Å². The first-order valence-electron chi connectivity index (χ1n) is 4.31. The SMILES string of the molecule is CSCCNC(C)(C)c1nccs1. The summed E-state index contributed by atoms with van der Waals surface area (Å²) in [6, 6.07) is 0. The van der Waals surface area contributed by atoms with Crippen LogP contribution in [0.2, 0.25) is 0 Å². The van der Waals surface area contributed by atoms with E-state index in [-0.39, 0.29) is 5.54 Å². The van der Waals surface area contributed by atoms with Gasteiger partial charge in [0.05, 0.1) is 5.54 Å². The number of thioether (sulfide) groups is 1. The molecule has 0 aromatic carbocycles. The van der Waals surface area contributed by atoms with Gasteiger partial charge in [-0.2, -0.15) is 11.8 Å². The molecule has 0 amide bonds. The molecule has 0 fully saturated rings. The first-order chi connectivity index (χ1) is 6.17. The Labute approximate surface area is 88.2 Å². The van der Waals surface area contributed by atoms with E-state index in [0.717, 1.165) is 17.3 Å². The number of rotatable bonds is 5. The van der Waals surface area contributed by atoms with Crippen LogP contribution in [0.15, 0.2) is 11.6 Å². The zero-order valence-corrected chi connectivity index (χ0v) is 9.97. The predicted molar refractivity (Wildman–Crippen MR) is 61.5 cm³/mol. The van der Waals surface area contributed by atoms with Gasteiger partial charge < -0.3 is 5.32 Å². The lowest BCUT2D eigenvalue weighted by Gasteiger charge is -2.23. The minimum atomic E-state index is 0.0178. The highest BCUT2D eigenvalue weighted by molar-refractivity contribution is 7.98. The summed E-state index contributed by atoms with van der Waals surface area (Å²) < 4.78 is 0. The van der Waals surface area contributed by atoms with E-state index in [4.69, 9.17) is 0 Å². The first-order valence-corrected chi connectivity index (χ1v) is 6.58. The van der Waals surface area contributed by atoms with Crippen molar-refractivity contribution in [3.05, 3.63) is 16.6 Å². The molecule has 1 aromatic heterocycles. The van der Waals surface area contributed by atoms with Crippen LogP contribution in [0.25, 0.3) is 0 Å². The Morgan fingerprint density at radius 1 is 1.62 bits per heavy atom. The Kier molecular flexibility index (Phi) is 4.22. The van der Waals surface area contributed by atoms with Gasteiger partial charge in [-0.15, -0.1) is 11.3 Å². The van der Waals surface area contributed by atoms with Crippen molar-refractivity contribution in [3.8, 4) is 0 Å². The van der Waals surface area contributed by atoms with Gasteiger partial charge in [-0.3, -0.25) is 0 Å². The highest BCUT2D eigenvalue weighted by Gasteiger charge is 2.21. The first kappa shape index (κ1) is 11.0. The lowest BCUT2D eigenvalue weighted by atomic mass is 10.1. The molecular weight excluding hydrogens is 200 g/mol. The third-order valence-electron chi connectivity index (χ3n) is 1.84.